The van der Waals surface area contributed by atoms with Gasteiger partial charge in [0.15, 0.2) is 5.82 Å². The van der Waals surface area contributed by atoms with Crippen molar-refractivity contribution in [1.82, 2.24) is 15.0 Å². The van der Waals surface area contributed by atoms with Gasteiger partial charge in [-0.25, -0.2) is 9.97 Å². The predicted octanol–water partition coefficient (Wildman–Crippen LogP) is 3.42. The third-order valence-electron chi connectivity index (χ3n) is 6.59. The van der Waals surface area contributed by atoms with Crippen LogP contribution in [0, 0.1) is 0 Å². The van der Waals surface area contributed by atoms with E-state index in [1.54, 1.807) is 4.90 Å². The van der Waals surface area contributed by atoms with E-state index >= 15 is 0 Å². The minimum absolute atomic E-state index is 0.0730. The molecule has 3 atom stereocenters. The molecular weight excluding hydrogens is 437 g/mol. The number of ether oxygens (including phenoxy) is 1. The summed E-state index contributed by atoms with van der Waals surface area (Å²) in [4.78, 5) is 29.3. The van der Waals surface area contributed by atoms with Crippen LogP contribution in [0.1, 0.15) is 44.0 Å². The summed E-state index contributed by atoms with van der Waals surface area (Å²) in [5.74, 6) is 1.68. The lowest BCUT2D eigenvalue weighted by Gasteiger charge is -2.41. The van der Waals surface area contributed by atoms with Gasteiger partial charge in [-0.15, -0.1) is 0 Å². The number of amides is 1. The van der Waals surface area contributed by atoms with Gasteiger partial charge in [0.05, 0.1) is 11.9 Å². The molecule has 4 heterocycles. The Bertz CT molecular complexity index is 1060. The molecule has 0 aromatic carbocycles. The fourth-order valence-corrected chi connectivity index (χ4v) is 4.73. The molecule has 8 nitrogen and oxygen atoms in total. The Kier molecular flexibility index (Phi) is 5.29. The monoisotopic (exact) mass is 462 g/mol. The molecule has 2 aliphatic heterocycles. The third-order valence-corrected chi connectivity index (χ3v) is 6.59. The number of aryl methyl sites for hydroxylation is 1. The van der Waals surface area contributed by atoms with Crippen molar-refractivity contribution >= 4 is 23.4 Å². The summed E-state index contributed by atoms with van der Waals surface area (Å²) in [5, 5.41) is 3.40. The average molecular weight is 462 g/mol. The van der Waals surface area contributed by atoms with E-state index in [-0.39, 0.29) is 24.1 Å². The minimum Gasteiger partial charge on any atom is -0.489 e. The van der Waals surface area contributed by atoms with Crippen molar-refractivity contribution in [2.24, 2.45) is 0 Å². The summed E-state index contributed by atoms with van der Waals surface area (Å²) >= 11 is 0. The summed E-state index contributed by atoms with van der Waals surface area (Å²) in [6.45, 7) is 2.57. The van der Waals surface area contributed by atoms with Crippen molar-refractivity contribution in [2.45, 2.75) is 63.4 Å². The molecule has 1 aliphatic carbocycles. The Labute approximate surface area is 189 Å². The van der Waals surface area contributed by atoms with Crippen LogP contribution < -0.4 is 19.9 Å². The number of carbonyl (C=O) groups excluding carboxylic acids is 1. The Morgan fingerprint density at radius 3 is 2.76 bits per heavy atom. The molecule has 3 aliphatic rings. The van der Waals surface area contributed by atoms with Crippen molar-refractivity contribution in [3.63, 3.8) is 0 Å². The number of hydrogen-bond donors (Lipinski definition) is 1. The van der Waals surface area contributed by atoms with Gasteiger partial charge < -0.3 is 19.9 Å². The van der Waals surface area contributed by atoms with Crippen LogP contribution in [0.25, 0.3) is 0 Å². The normalized spacial score (nSPS) is 24.6. The van der Waals surface area contributed by atoms with Gasteiger partial charge in [-0.05, 0) is 44.7 Å². The van der Waals surface area contributed by atoms with Gasteiger partial charge >= 0.3 is 6.18 Å². The first-order chi connectivity index (χ1) is 15.7. The zero-order valence-corrected chi connectivity index (χ0v) is 18.4. The first-order valence-corrected chi connectivity index (χ1v) is 11.1. The number of halogens is 3. The smallest absolute Gasteiger partial charge is 0.433 e. The summed E-state index contributed by atoms with van der Waals surface area (Å²) in [5.41, 5.74) is 0.760. The molecule has 11 heteroatoms. The zero-order valence-electron chi connectivity index (χ0n) is 18.4. The molecule has 0 unspecified atom stereocenters. The highest BCUT2D eigenvalue weighted by Crippen LogP contribution is 2.40. The molecule has 0 bridgehead atoms. The van der Waals surface area contributed by atoms with Crippen LogP contribution >= 0.6 is 0 Å². The Hall–Kier alpha value is -3.11. The number of nitrogens with one attached hydrogen (secondary N) is 1. The quantitative estimate of drug-likeness (QED) is 0.746. The highest BCUT2D eigenvalue weighted by molar-refractivity contribution is 6.05. The number of anilines is 3. The molecular formula is C22H25F3N6O2. The lowest BCUT2D eigenvalue weighted by atomic mass is 10.0. The van der Waals surface area contributed by atoms with E-state index in [1.165, 1.54) is 6.07 Å². The maximum atomic E-state index is 12.7. The first kappa shape index (κ1) is 21.7. The topological polar surface area (TPSA) is 83.5 Å². The van der Waals surface area contributed by atoms with E-state index < -0.39 is 11.9 Å². The molecule has 2 aromatic rings. The zero-order chi connectivity index (χ0) is 23.3. The van der Waals surface area contributed by atoms with Crippen molar-refractivity contribution in [2.75, 3.05) is 28.7 Å². The Morgan fingerprint density at radius 1 is 1.21 bits per heavy atom. The van der Waals surface area contributed by atoms with Gasteiger partial charge in [-0.1, -0.05) is 0 Å². The fraction of sp³-hybridized carbons (Fsp3) is 0.545. The lowest BCUT2D eigenvalue weighted by Crippen LogP contribution is -2.53. The number of carbonyl (C=O) groups is 1. The third kappa shape index (κ3) is 4.04. The highest BCUT2D eigenvalue weighted by Gasteiger charge is 2.39. The molecule has 1 amide bonds. The molecule has 176 valence electrons. The van der Waals surface area contributed by atoms with E-state index in [1.807, 2.05) is 18.9 Å². The van der Waals surface area contributed by atoms with Gasteiger partial charge in [0.2, 0.25) is 11.9 Å². The molecule has 5 rings (SSSR count). The fourth-order valence-electron chi connectivity index (χ4n) is 4.73. The average Bonchev–Trinajstić information content (AvgIpc) is 3.22. The minimum atomic E-state index is -4.47. The first-order valence-electron chi connectivity index (χ1n) is 11.1. The summed E-state index contributed by atoms with van der Waals surface area (Å²) in [6, 6.07) is 2.03. The van der Waals surface area contributed by atoms with Crippen molar-refractivity contribution < 1.29 is 22.7 Å². The molecule has 0 radical (unpaired) electrons. The summed E-state index contributed by atoms with van der Waals surface area (Å²) in [6.07, 6.45) is 0.437. The van der Waals surface area contributed by atoms with Crippen molar-refractivity contribution in [3.8, 4) is 5.75 Å². The second kappa shape index (κ2) is 8.03. The van der Waals surface area contributed by atoms with E-state index in [2.05, 4.69) is 10.3 Å². The van der Waals surface area contributed by atoms with Crippen LogP contribution in [-0.4, -0.2) is 52.6 Å². The molecule has 1 saturated carbocycles. The Morgan fingerprint density at radius 2 is 2.03 bits per heavy atom. The summed E-state index contributed by atoms with van der Waals surface area (Å²) < 4.78 is 43.9. The van der Waals surface area contributed by atoms with Crippen LogP contribution in [0.4, 0.5) is 30.6 Å². The molecule has 0 saturated heterocycles. The van der Waals surface area contributed by atoms with Gasteiger partial charge in [0, 0.05) is 26.1 Å². The number of aromatic nitrogens is 3. The van der Waals surface area contributed by atoms with Crippen molar-refractivity contribution in [1.29, 1.82) is 0 Å². The van der Waals surface area contributed by atoms with E-state index in [0.717, 1.165) is 55.1 Å². The maximum absolute atomic E-state index is 12.7. The number of alkyl halides is 3. The van der Waals surface area contributed by atoms with Crippen LogP contribution in [-0.2, 0) is 17.4 Å². The standard InChI is InChI=1S/C22H25F3N6O2/c1-12-20(32)31-9-3-4-16-18(31)19(30(12)2)29-21(28-16)27-13-5-6-14(10-13)33-15-7-8-17(26-11-15)22(23,24)25/h7-8,11-14H,3-6,9-10H2,1-2H3,(H,27,28,29)/t12-,13+,14+/m0/s1. The summed E-state index contributed by atoms with van der Waals surface area (Å²) in [7, 11) is 1.87. The van der Waals surface area contributed by atoms with Gasteiger partial charge in [0.1, 0.15) is 29.3 Å². The molecule has 1 N–H and O–H groups in total. The molecule has 2 aromatic heterocycles. The highest BCUT2D eigenvalue weighted by atomic mass is 19.4. The van der Waals surface area contributed by atoms with Crippen LogP contribution in [0.5, 0.6) is 5.75 Å². The Balaban J connectivity index is 1.27. The van der Waals surface area contributed by atoms with Crippen LogP contribution in [0.2, 0.25) is 0 Å². The van der Waals surface area contributed by atoms with Crippen LogP contribution in [0.3, 0.4) is 0 Å². The van der Waals surface area contributed by atoms with E-state index in [9.17, 15) is 18.0 Å². The van der Waals surface area contributed by atoms with Gasteiger partial charge in [-0.3, -0.25) is 4.79 Å². The SMILES string of the molecule is C[C@H]1C(=O)N2CCCc3nc(N[C@@H]4CC[C@@H](Oc5ccc(C(F)(F)F)nc5)C4)nc(c32)N1C. The van der Waals surface area contributed by atoms with Crippen molar-refractivity contribution in [3.05, 3.63) is 29.7 Å². The number of nitrogens with zero attached hydrogens (tertiary/aromatic N) is 5. The maximum Gasteiger partial charge on any atom is 0.433 e. The lowest BCUT2D eigenvalue weighted by molar-refractivity contribution is -0.141. The second-order valence-corrected chi connectivity index (χ2v) is 8.82. The largest absolute Gasteiger partial charge is 0.489 e. The molecule has 33 heavy (non-hydrogen) atoms. The number of rotatable bonds is 4. The second-order valence-electron chi connectivity index (χ2n) is 8.82. The molecule has 1 fully saturated rings. The van der Waals surface area contributed by atoms with Gasteiger partial charge in [0.25, 0.3) is 0 Å². The van der Waals surface area contributed by atoms with E-state index in [0.29, 0.717) is 24.7 Å². The predicted molar refractivity (Wildman–Crippen MR) is 115 cm³/mol. The van der Waals surface area contributed by atoms with Gasteiger partial charge in [-0.2, -0.15) is 18.2 Å². The number of pyridine rings is 1. The van der Waals surface area contributed by atoms with E-state index in [4.69, 9.17) is 14.7 Å². The van der Waals surface area contributed by atoms with Crippen LogP contribution in [0.15, 0.2) is 18.3 Å². The number of likely N-dealkylation sites (N-methyl/N-ethyl adjacent to an activating group) is 1. The molecule has 0 spiro atoms. The number of hydrogen-bond acceptors (Lipinski definition) is 7.